The number of aromatic amines is 1. The highest BCUT2D eigenvalue weighted by Gasteiger charge is 2.24. The van der Waals surface area contributed by atoms with Gasteiger partial charge in [-0.15, -0.1) is 0 Å². The Morgan fingerprint density at radius 1 is 1.11 bits per heavy atom. The van der Waals surface area contributed by atoms with Crippen LogP contribution in [0.3, 0.4) is 0 Å². The average Bonchev–Trinajstić information content (AvgIpc) is 3.22. The number of aromatic nitrogens is 2. The van der Waals surface area contributed by atoms with E-state index in [1.165, 1.54) is 6.26 Å². The minimum Gasteiger partial charge on any atom is -0.463 e. The van der Waals surface area contributed by atoms with Gasteiger partial charge in [-0.1, -0.05) is 17.7 Å². The molecule has 1 saturated heterocycles. The van der Waals surface area contributed by atoms with Gasteiger partial charge in [-0.2, -0.15) is 4.98 Å². The van der Waals surface area contributed by atoms with Crippen molar-refractivity contribution in [2.45, 2.75) is 0 Å². The molecule has 0 aliphatic carbocycles. The molecule has 8 heteroatoms. The number of hydrogen-bond donors (Lipinski definition) is 1. The summed E-state index contributed by atoms with van der Waals surface area (Å²) in [7, 11) is 0. The van der Waals surface area contributed by atoms with Crippen LogP contribution in [0, 0.1) is 0 Å². The highest BCUT2D eigenvalue weighted by Crippen LogP contribution is 2.22. The fraction of sp³-hybridized carbons (Fsp3) is 0.211. The number of piperazine rings is 1. The summed E-state index contributed by atoms with van der Waals surface area (Å²) >= 11 is 6.06. The third kappa shape index (κ3) is 3.73. The Morgan fingerprint density at radius 2 is 1.93 bits per heavy atom. The maximum Gasteiger partial charge on any atom is 0.346 e. The number of furan rings is 1. The van der Waals surface area contributed by atoms with Gasteiger partial charge >= 0.3 is 5.69 Å². The second-order valence-electron chi connectivity index (χ2n) is 6.22. The molecule has 0 bridgehead atoms. The van der Waals surface area contributed by atoms with E-state index in [2.05, 4.69) is 14.9 Å². The van der Waals surface area contributed by atoms with Gasteiger partial charge in [0.05, 0.1) is 12.0 Å². The molecule has 3 aromatic rings. The van der Waals surface area contributed by atoms with Gasteiger partial charge < -0.3 is 19.2 Å². The summed E-state index contributed by atoms with van der Waals surface area (Å²) in [5, 5.41) is 0.684. The Labute approximate surface area is 160 Å². The lowest BCUT2D eigenvalue weighted by atomic mass is 10.2. The molecular weight excluding hydrogens is 368 g/mol. The predicted octanol–water partition coefficient (Wildman–Crippen LogP) is 2.65. The minimum atomic E-state index is -0.579. The first kappa shape index (κ1) is 17.4. The Bertz CT molecular complexity index is 1010. The Hall–Kier alpha value is -3.06. The maximum absolute atomic E-state index is 12.8. The molecule has 1 aliphatic heterocycles. The molecule has 4 rings (SSSR count). The van der Waals surface area contributed by atoms with Crippen molar-refractivity contribution in [3.63, 3.8) is 0 Å². The van der Waals surface area contributed by atoms with E-state index < -0.39 is 5.69 Å². The van der Waals surface area contributed by atoms with Gasteiger partial charge in [-0.3, -0.25) is 4.79 Å². The molecule has 0 atom stereocenters. The number of H-pyrrole nitrogens is 1. The highest BCUT2D eigenvalue weighted by atomic mass is 35.5. The van der Waals surface area contributed by atoms with Gasteiger partial charge in [0.25, 0.3) is 5.91 Å². The van der Waals surface area contributed by atoms with Gasteiger partial charge in [0.15, 0.2) is 0 Å². The van der Waals surface area contributed by atoms with Crippen molar-refractivity contribution < 1.29 is 9.21 Å². The molecule has 27 heavy (non-hydrogen) atoms. The Kier molecular flexibility index (Phi) is 4.68. The molecule has 2 aromatic heterocycles. The van der Waals surface area contributed by atoms with Crippen molar-refractivity contribution in [2.75, 3.05) is 31.1 Å². The zero-order valence-corrected chi connectivity index (χ0v) is 15.1. The number of rotatable bonds is 3. The van der Waals surface area contributed by atoms with Crippen LogP contribution in [0.15, 0.2) is 57.9 Å². The summed E-state index contributed by atoms with van der Waals surface area (Å²) < 4.78 is 5.29. The molecule has 1 aliphatic rings. The van der Waals surface area contributed by atoms with Crippen molar-refractivity contribution in [1.82, 2.24) is 14.9 Å². The molecule has 1 amide bonds. The smallest absolute Gasteiger partial charge is 0.346 e. The van der Waals surface area contributed by atoms with E-state index >= 15 is 0 Å². The highest BCUT2D eigenvalue weighted by molar-refractivity contribution is 6.30. The number of carbonyl (C=O) groups is 1. The molecule has 0 spiro atoms. The van der Waals surface area contributed by atoms with Crippen LogP contribution in [0.2, 0.25) is 5.02 Å². The standard InChI is InChI=1S/C19H17ClN4O3/c20-13-3-1-4-14(11-13)23-6-8-24(9-7-23)18(25)16-12-15(21-19(26)22-16)17-5-2-10-27-17/h1-5,10-12H,6-9H2,(H,21,22,26). The number of hydrogen-bond acceptors (Lipinski definition) is 5. The summed E-state index contributed by atoms with van der Waals surface area (Å²) in [4.78, 5) is 35.0. The van der Waals surface area contributed by atoms with Gasteiger partial charge in [0.2, 0.25) is 0 Å². The summed E-state index contributed by atoms with van der Waals surface area (Å²) in [5.74, 6) is 0.217. The molecule has 7 nitrogen and oxygen atoms in total. The Balaban J connectivity index is 1.49. The third-order valence-electron chi connectivity index (χ3n) is 4.49. The first-order valence-electron chi connectivity index (χ1n) is 8.55. The normalized spacial score (nSPS) is 14.4. The number of anilines is 1. The van der Waals surface area contributed by atoms with Gasteiger partial charge in [-0.05, 0) is 36.4 Å². The minimum absolute atomic E-state index is 0.112. The van der Waals surface area contributed by atoms with Crippen molar-refractivity contribution in [1.29, 1.82) is 0 Å². The summed E-state index contributed by atoms with van der Waals surface area (Å²) in [6.07, 6.45) is 1.50. The molecule has 138 valence electrons. The number of nitrogens with one attached hydrogen (secondary N) is 1. The first-order chi connectivity index (χ1) is 13.1. The second kappa shape index (κ2) is 7.28. The largest absolute Gasteiger partial charge is 0.463 e. The van der Waals surface area contributed by atoms with Crippen LogP contribution in [0.4, 0.5) is 5.69 Å². The van der Waals surface area contributed by atoms with Crippen LogP contribution in [0.25, 0.3) is 11.5 Å². The zero-order valence-electron chi connectivity index (χ0n) is 14.4. The van der Waals surface area contributed by atoms with E-state index in [1.54, 1.807) is 23.1 Å². The van der Waals surface area contributed by atoms with Crippen molar-refractivity contribution in [2.24, 2.45) is 0 Å². The van der Waals surface area contributed by atoms with Crippen LogP contribution in [-0.2, 0) is 0 Å². The second-order valence-corrected chi connectivity index (χ2v) is 6.66. The molecule has 1 N–H and O–H groups in total. The van der Waals surface area contributed by atoms with E-state index in [0.717, 1.165) is 5.69 Å². The van der Waals surface area contributed by atoms with E-state index in [4.69, 9.17) is 16.0 Å². The molecule has 1 aromatic carbocycles. The van der Waals surface area contributed by atoms with Crippen LogP contribution >= 0.6 is 11.6 Å². The van der Waals surface area contributed by atoms with E-state index in [1.807, 2.05) is 24.3 Å². The van der Waals surface area contributed by atoms with Crippen LogP contribution in [-0.4, -0.2) is 47.0 Å². The fourth-order valence-electron chi connectivity index (χ4n) is 3.13. The number of carbonyl (C=O) groups excluding carboxylic acids is 1. The van der Waals surface area contributed by atoms with Crippen LogP contribution in [0.5, 0.6) is 0 Å². The summed E-state index contributed by atoms with van der Waals surface area (Å²) in [6.45, 7) is 2.44. The maximum atomic E-state index is 12.8. The monoisotopic (exact) mass is 384 g/mol. The summed E-state index contributed by atoms with van der Waals surface area (Å²) in [6, 6.07) is 12.6. The van der Waals surface area contributed by atoms with Crippen LogP contribution in [0.1, 0.15) is 10.5 Å². The molecule has 3 heterocycles. The number of benzene rings is 1. The quantitative estimate of drug-likeness (QED) is 0.750. The van der Waals surface area contributed by atoms with E-state index in [-0.39, 0.29) is 11.6 Å². The lowest BCUT2D eigenvalue weighted by Crippen LogP contribution is -2.49. The van der Waals surface area contributed by atoms with E-state index in [9.17, 15) is 9.59 Å². The summed E-state index contributed by atoms with van der Waals surface area (Å²) in [5.41, 5.74) is 0.996. The fourth-order valence-corrected chi connectivity index (χ4v) is 3.32. The van der Waals surface area contributed by atoms with Crippen molar-refractivity contribution in [3.05, 3.63) is 69.9 Å². The Morgan fingerprint density at radius 3 is 2.63 bits per heavy atom. The van der Waals surface area contributed by atoms with Crippen molar-refractivity contribution in [3.8, 4) is 11.5 Å². The third-order valence-corrected chi connectivity index (χ3v) is 4.73. The molecule has 1 fully saturated rings. The number of amides is 1. The van der Waals surface area contributed by atoms with Crippen molar-refractivity contribution >= 4 is 23.2 Å². The molecule has 0 unspecified atom stereocenters. The first-order valence-corrected chi connectivity index (χ1v) is 8.93. The lowest BCUT2D eigenvalue weighted by molar-refractivity contribution is 0.0740. The number of halogens is 1. The lowest BCUT2D eigenvalue weighted by Gasteiger charge is -2.36. The van der Waals surface area contributed by atoms with E-state index in [0.29, 0.717) is 42.7 Å². The van der Waals surface area contributed by atoms with Gasteiger partial charge in [0, 0.05) is 36.9 Å². The van der Waals surface area contributed by atoms with Crippen LogP contribution < -0.4 is 10.6 Å². The molecule has 0 saturated carbocycles. The zero-order chi connectivity index (χ0) is 18.8. The molecule has 0 radical (unpaired) electrons. The molecular formula is C19H17ClN4O3. The van der Waals surface area contributed by atoms with Gasteiger partial charge in [-0.25, -0.2) is 4.79 Å². The van der Waals surface area contributed by atoms with Gasteiger partial charge in [0.1, 0.15) is 11.5 Å². The average molecular weight is 385 g/mol. The topological polar surface area (TPSA) is 82.4 Å². The number of nitrogens with zero attached hydrogens (tertiary/aromatic N) is 3. The SMILES string of the molecule is O=C(c1cc(-c2ccco2)[nH]c(=O)n1)N1CCN(c2cccc(Cl)c2)CC1. The predicted molar refractivity (Wildman–Crippen MR) is 102 cm³/mol.